The third-order valence-electron chi connectivity index (χ3n) is 1.00. The fraction of sp³-hybridized carbons (Fsp3) is 0.714. The van der Waals surface area contributed by atoms with Crippen molar-refractivity contribution in [3.05, 3.63) is 10.6 Å². The molecule has 0 aromatic rings. The van der Waals surface area contributed by atoms with Crippen molar-refractivity contribution in [2.24, 2.45) is 0 Å². The zero-order valence-electron chi connectivity index (χ0n) is 7.65. The summed E-state index contributed by atoms with van der Waals surface area (Å²) in [6, 6.07) is 0. The topological polar surface area (TPSA) is 0 Å². The van der Waals surface area contributed by atoms with E-state index in [1.54, 1.807) is 0 Å². The van der Waals surface area contributed by atoms with E-state index in [-0.39, 0.29) is 6.92 Å². The molecule has 14 heavy (non-hydrogen) atoms. The second kappa shape index (κ2) is 5.48. The summed E-state index contributed by atoms with van der Waals surface area (Å²) in [5.74, 6) is 0. The number of hydrogen-bond donors (Lipinski definition) is 0. The molecule has 0 aliphatic heterocycles. The Balaban J connectivity index is 0. The van der Waals surface area contributed by atoms with Gasteiger partial charge in [-0.2, -0.15) is 26.3 Å². The highest BCUT2D eigenvalue weighted by Gasteiger charge is 2.42. The summed E-state index contributed by atoms with van der Waals surface area (Å²) in [7, 11) is 0. The number of allylic oxidation sites excluding steroid dienone is 2. The third-order valence-corrected chi connectivity index (χ3v) is 1.50. The van der Waals surface area contributed by atoms with Gasteiger partial charge >= 0.3 is 12.4 Å². The Morgan fingerprint density at radius 1 is 0.857 bits per heavy atom. The van der Waals surface area contributed by atoms with Gasteiger partial charge in [-0.15, -0.1) is 0 Å². The average Bonchev–Trinajstić information content (AvgIpc) is 2.02. The average molecular weight is 243 g/mol. The first-order valence-corrected chi connectivity index (χ1v) is 3.95. The summed E-state index contributed by atoms with van der Waals surface area (Å²) in [5, 5.41) is -2.13. The maximum atomic E-state index is 11.6. The van der Waals surface area contributed by atoms with E-state index in [0.29, 0.717) is 0 Å². The largest absolute Gasteiger partial charge is 0.427 e. The smallest absolute Gasteiger partial charge is 0.166 e. The molecule has 0 nitrogen and oxygen atoms in total. The van der Waals surface area contributed by atoms with Crippen LogP contribution in [-0.2, 0) is 0 Å². The van der Waals surface area contributed by atoms with Crippen molar-refractivity contribution in [2.75, 3.05) is 0 Å². The summed E-state index contributed by atoms with van der Waals surface area (Å²) >= 11 is 4.43. The Morgan fingerprint density at radius 3 is 1.21 bits per heavy atom. The lowest BCUT2D eigenvalue weighted by atomic mass is 10.2. The Bertz CT molecular complexity index is 177. The van der Waals surface area contributed by atoms with E-state index >= 15 is 0 Å². The van der Waals surface area contributed by atoms with Crippen molar-refractivity contribution in [3.63, 3.8) is 0 Å². The van der Waals surface area contributed by atoms with Crippen molar-refractivity contribution in [2.45, 2.75) is 33.1 Å². The number of hydrogen-bond acceptors (Lipinski definition) is 0. The van der Waals surface area contributed by atoms with E-state index in [9.17, 15) is 26.3 Å². The molecule has 0 unspecified atom stereocenters. The predicted octanol–water partition coefficient (Wildman–Crippen LogP) is 4.65. The SMILES string of the molecule is C/C(=C(/Cl)C(F)(F)F)C(F)(F)F.CC. The van der Waals surface area contributed by atoms with Crippen LogP contribution in [0.4, 0.5) is 26.3 Å². The van der Waals surface area contributed by atoms with Gasteiger partial charge in [-0.3, -0.25) is 0 Å². The molecule has 7 heteroatoms. The van der Waals surface area contributed by atoms with Crippen LogP contribution >= 0.6 is 11.6 Å². The molecule has 0 heterocycles. The van der Waals surface area contributed by atoms with Crippen molar-refractivity contribution >= 4 is 11.6 Å². The lowest BCUT2D eigenvalue weighted by molar-refractivity contribution is -0.110. The minimum atomic E-state index is -5.14. The summed E-state index contributed by atoms with van der Waals surface area (Å²) in [6.07, 6.45) is -10.2. The third kappa shape index (κ3) is 5.36. The summed E-state index contributed by atoms with van der Waals surface area (Å²) in [6.45, 7) is 4.27. The molecule has 0 radical (unpaired) electrons. The second-order valence-electron chi connectivity index (χ2n) is 1.93. The molecule has 0 bridgehead atoms. The van der Waals surface area contributed by atoms with E-state index in [1.807, 2.05) is 13.8 Å². The molecule has 0 aliphatic rings. The van der Waals surface area contributed by atoms with Crippen molar-refractivity contribution < 1.29 is 26.3 Å². The summed E-state index contributed by atoms with van der Waals surface area (Å²) in [5.41, 5.74) is -1.84. The Kier molecular flexibility index (Phi) is 6.29. The van der Waals surface area contributed by atoms with Crippen molar-refractivity contribution in [1.82, 2.24) is 0 Å². The van der Waals surface area contributed by atoms with E-state index < -0.39 is 23.0 Å². The van der Waals surface area contributed by atoms with Gasteiger partial charge in [0.1, 0.15) is 5.03 Å². The monoisotopic (exact) mass is 242 g/mol. The predicted molar refractivity (Wildman–Crippen MR) is 42.0 cm³/mol. The molecule has 0 amide bonds. The van der Waals surface area contributed by atoms with Gasteiger partial charge < -0.3 is 0 Å². The normalized spacial score (nSPS) is 14.1. The van der Waals surface area contributed by atoms with Crippen LogP contribution in [0.15, 0.2) is 10.6 Å². The maximum Gasteiger partial charge on any atom is 0.427 e. The summed E-state index contributed by atoms with van der Waals surface area (Å²) < 4.78 is 69.4. The number of halogens is 7. The van der Waals surface area contributed by atoms with Gasteiger partial charge in [0.15, 0.2) is 0 Å². The zero-order chi connectivity index (χ0) is 12.2. The molecule has 0 fully saturated rings. The first kappa shape index (κ1) is 16.1. The van der Waals surface area contributed by atoms with Crippen molar-refractivity contribution in [1.29, 1.82) is 0 Å². The quantitative estimate of drug-likeness (QED) is 0.543. The molecule has 0 N–H and O–H groups in total. The molecule has 86 valence electrons. The van der Waals surface area contributed by atoms with Gasteiger partial charge in [-0.1, -0.05) is 25.4 Å². The molecule has 0 rings (SSSR count). The first-order chi connectivity index (χ1) is 6.07. The van der Waals surface area contributed by atoms with Crippen LogP contribution in [-0.4, -0.2) is 12.4 Å². The van der Waals surface area contributed by atoms with Crippen LogP contribution in [0.25, 0.3) is 0 Å². The van der Waals surface area contributed by atoms with E-state index in [1.165, 1.54) is 0 Å². The van der Waals surface area contributed by atoms with Crippen molar-refractivity contribution in [3.8, 4) is 0 Å². The zero-order valence-corrected chi connectivity index (χ0v) is 8.40. The van der Waals surface area contributed by atoms with Crippen LogP contribution in [0.2, 0.25) is 0 Å². The lowest BCUT2D eigenvalue weighted by Crippen LogP contribution is -2.17. The van der Waals surface area contributed by atoms with Gasteiger partial charge in [0.2, 0.25) is 0 Å². The maximum absolute atomic E-state index is 11.6. The Morgan fingerprint density at radius 2 is 1.14 bits per heavy atom. The molecular weight excluding hydrogens is 234 g/mol. The molecule has 0 aromatic carbocycles. The van der Waals surface area contributed by atoms with Crippen LogP contribution < -0.4 is 0 Å². The molecule has 0 atom stereocenters. The van der Waals surface area contributed by atoms with Crippen LogP contribution in [0.5, 0.6) is 0 Å². The molecule has 0 aromatic heterocycles. The first-order valence-electron chi connectivity index (χ1n) is 3.57. The van der Waals surface area contributed by atoms with E-state index in [4.69, 9.17) is 0 Å². The fourth-order valence-corrected chi connectivity index (χ4v) is 0.444. The highest BCUT2D eigenvalue weighted by atomic mass is 35.5. The van der Waals surface area contributed by atoms with Crippen LogP contribution in [0, 0.1) is 0 Å². The van der Waals surface area contributed by atoms with E-state index in [0.717, 1.165) is 0 Å². The molecule has 0 saturated carbocycles. The Hall–Kier alpha value is -0.390. The van der Waals surface area contributed by atoms with Gasteiger partial charge in [-0.05, 0) is 6.92 Å². The van der Waals surface area contributed by atoms with Gasteiger partial charge in [0.05, 0.1) is 5.57 Å². The Labute approximate surface area is 82.5 Å². The standard InChI is InChI=1S/C5H3ClF6.C2H6/c1-2(4(7,8)9)3(6)5(10,11)12;1-2/h1H3;1-2H3/b3-2-;. The summed E-state index contributed by atoms with van der Waals surface area (Å²) in [4.78, 5) is 0. The fourth-order valence-electron chi connectivity index (χ4n) is 0.337. The highest BCUT2D eigenvalue weighted by Crippen LogP contribution is 2.37. The highest BCUT2D eigenvalue weighted by molar-refractivity contribution is 6.30. The minimum Gasteiger partial charge on any atom is -0.166 e. The number of rotatable bonds is 0. The van der Waals surface area contributed by atoms with Gasteiger partial charge in [0, 0.05) is 0 Å². The van der Waals surface area contributed by atoms with Crippen LogP contribution in [0.3, 0.4) is 0 Å². The molecule has 0 saturated heterocycles. The molecular formula is C7H9ClF6. The van der Waals surface area contributed by atoms with Gasteiger partial charge in [0.25, 0.3) is 0 Å². The lowest BCUT2D eigenvalue weighted by Gasteiger charge is -2.11. The number of alkyl halides is 6. The van der Waals surface area contributed by atoms with E-state index in [2.05, 4.69) is 11.6 Å². The van der Waals surface area contributed by atoms with Crippen LogP contribution in [0.1, 0.15) is 20.8 Å². The minimum absolute atomic E-state index is 0.274. The second-order valence-corrected chi connectivity index (χ2v) is 2.31. The molecule has 0 spiro atoms. The molecule has 0 aliphatic carbocycles. The van der Waals surface area contributed by atoms with Gasteiger partial charge in [-0.25, -0.2) is 0 Å².